The number of nitrogens with two attached hydrogens (primary N) is 1. The summed E-state index contributed by atoms with van der Waals surface area (Å²) in [6.07, 6.45) is 4.72. The standard InChI is InChI=1S/C17H25NO2/c1-17(2)10-8-14(9-11-17)20-16(19)15(18)12-13-6-4-3-5-7-13/h3-7,14-15H,8-12,18H2,1-2H3. The molecule has 2 N–H and O–H groups in total. The molecule has 110 valence electrons. The molecule has 0 aromatic heterocycles. The van der Waals surface area contributed by atoms with E-state index in [-0.39, 0.29) is 12.1 Å². The van der Waals surface area contributed by atoms with Gasteiger partial charge in [-0.05, 0) is 43.1 Å². The zero-order valence-corrected chi connectivity index (χ0v) is 12.5. The van der Waals surface area contributed by atoms with Crippen molar-refractivity contribution >= 4 is 5.97 Å². The van der Waals surface area contributed by atoms with E-state index >= 15 is 0 Å². The Balaban J connectivity index is 1.80. The highest BCUT2D eigenvalue weighted by atomic mass is 16.5. The van der Waals surface area contributed by atoms with Gasteiger partial charge in [-0.2, -0.15) is 0 Å². The average molecular weight is 275 g/mol. The van der Waals surface area contributed by atoms with Gasteiger partial charge in [-0.25, -0.2) is 0 Å². The van der Waals surface area contributed by atoms with Crippen molar-refractivity contribution in [2.75, 3.05) is 0 Å². The summed E-state index contributed by atoms with van der Waals surface area (Å²) in [5, 5.41) is 0. The van der Waals surface area contributed by atoms with Crippen LogP contribution in [0.2, 0.25) is 0 Å². The van der Waals surface area contributed by atoms with Crippen LogP contribution < -0.4 is 5.73 Å². The number of benzene rings is 1. The second-order valence-electron chi connectivity index (χ2n) is 6.60. The first-order chi connectivity index (χ1) is 9.46. The zero-order valence-electron chi connectivity index (χ0n) is 12.5. The fourth-order valence-electron chi connectivity index (χ4n) is 2.69. The first kappa shape index (κ1) is 15.0. The third-order valence-corrected chi connectivity index (χ3v) is 4.17. The molecule has 0 heterocycles. The van der Waals surface area contributed by atoms with Crippen molar-refractivity contribution in [3.63, 3.8) is 0 Å². The molecule has 0 radical (unpaired) electrons. The summed E-state index contributed by atoms with van der Waals surface area (Å²) in [7, 11) is 0. The molecular weight excluding hydrogens is 250 g/mol. The maximum Gasteiger partial charge on any atom is 0.323 e. The lowest BCUT2D eigenvalue weighted by atomic mass is 9.76. The Morgan fingerprint density at radius 3 is 2.50 bits per heavy atom. The van der Waals surface area contributed by atoms with E-state index in [1.165, 1.54) is 0 Å². The number of hydrogen-bond donors (Lipinski definition) is 1. The Labute approximate surface area is 121 Å². The van der Waals surface area contributed by atoms with Crippen LogP contribution in [0, 0.1) is 5.41 Å². The van der Waals surface area contributed by atoms with Crippen LogP contribution in [0.4, 0.5) is 0 Å². The van der Waals surface area contributed by atoms with Crippen molar-refractivity contribution in [1.29, 1.82) is 0 Å². The van der Waals surface area contributed by atoms with E-state index in [9.17, 15) is 4.79 Å². The minimum atomic E-state index is -0.563. The van der Waals surface area contributed by atoms with E-state index in [4.69, 9.17) is 10.5 Å². The Bertz CT molecular complexity index is 432. The number of rotatable bonds is 4. The molecule has 1 atom stereocenters. The molecule has 0 saturated heterocycles. The van der Waals surface area contributed by atoms with Crippen LogP contribution in [0.3, 0.4) is 0 Å². The van der Waals surface area contributed by atoms with E-state index in [0.29, 0.717) is 11.8 Å². The van der Waals surface area contributed by atoms with E-state index < -0.39 is 6.04 Å². The van der Waals surface area contributed by atoms with Gasteiger partial charge in [0.05, 0.1) is 0 Å². The molecule has 1 fully saturated rings. The van der Waals surface area contributed by atoms with Gasteiger partial charge in [0.1, 0.15) is 12.1 Å². The van der Waals surface area contributed by atoms with Crippen LogP contribution in [0.1, 0.15) is 45.1 Å². The number of hydrogen-bond acceptors (Lipinski definition) is 3. The number of carbonyl (C=O) groups excluding carboxylic acids is 1. The molecule has 3 heteroatoms. The van der Waals surface area contributed by atoms with Crippen LogP contribution in [-0.4, -0.2) is 18.1 Å². The smallest absolute Gasteiger partial charge is 0.323 e. The predicted molar refractivity (Wildman–Crippen MR) is 80.3 cm³/mol. The normalized spacial score (nSPS) is 20.4. The highest BCUT2D eigenvalue weighted by Gasteiger charge is 2.29. The summed E-state index contributed by atoms with van der Waals surface area (Å²) in [4.78, 5) is 12.0. The van der Waals surface area contributed by atoms with Gasteiger partial charge >= 0.3 is 5.97 Å². The monoisotopic (exact) mass is 275 g/mol. The zero-order chi connectivity index (χ0) is 14.6. The van der Waals surface area contributed by atoms with Gasteiger partial charge in [-0.3, -0.25) is 4.79 Å². The number of esters is 1. The topological polar surface area (TPSA) is 52.3 Å². The molecule has 1 aromatic rings. The molecule has 1 unspecified atom stereocenters. The second-order valence-corrected chi connectivity index (χ2v) is 6.60. The van der Waals surface area contributed by atoms with Gasteiger partial charge in [0.25, 0.3) is 0 Å². The molecule has 1 aliphatic carbocycles. The molecule has 3 nitrogen and oxygen atoms in total. The molecule has 0 amide bonds. The molecule has 2 rings (SSSR count). The van der Waals surface area contributed by atoms with Gasteiger partial charge in [0.2, 0.25) is 0 Å². The molecule has 0 aliphatic heterocycles. The summed E-state index contributed by atoms with van der Waals surface area (Å²) in [6.45, 7) is 4.54. The van der Waals surface area contributed by atoms with Crippen molar-refractivity contribution in [3.8, 4) is 0 Å². The lowest BCUT2D eigenvalue weighted by molar-refractivity contribution is -0.153. The third kappa shape index (κ3) is 4.34. The first-order valence-corrected chi connectivity index (χ1v) is 7.46. The van der Waals surface area contributed by atoms with Crippen molar-refractivity contribution in [2.24, 2.45) is 11.1 Å². The van der Waals surface area contributed by atoms with E-state index in [0.717, 1.165) is 31.2 Å². The Hall–Kier alpha value is -1.35. The van der Waals surface area contributed by atoms with Crippen molar-refractivity contribution in [1.82, 2.24) is 0 Å². The fourth-order valence-corrected chi connectivity index (χ4v) is 2.69. The van der Waals surface area contributed by atoms with Gasteiger partial charge in [-0.15, -0.1) is 0 Å². The first-order valence-electron chi connectivity index (χ1n) is 7.46. The van der Waals surface area contributed by atoms with E-state index in [1.807, 2.05) is 30.3 Å². The minimum Gasteiger partial charge on any atom is -0.461 e. The van der Waals surface area contributed by atoms with Crippen LogP contribution in [0.15, 0.2) is 30.3 Å². The quantitative estimate of drug-likeness (QED) is 0.859. The van der Waals surface area contributed by atoms with Crippen LogP contribution >= 0.6 is 0 Å². The summed E-state index contributed by atoms with van der Waals surface area (Å²) in [6, 6.07) is 9.27. The van der Waals surface area contributed by atoms with Crippen molar-refractivity contribution in [3.05, 3.63) is 35.9 Å². The Kier molecular flexibility index (Phi) is 4.81. The summed E-state index contributed by atoms with van der Waals surface area (Å²) >= 11 is 0. The lowest BCUT2D eigenvalue weighted by Gasteiger charge is -2.34. The second kappa shape index (κ2) is 6.40. The van der Waals surface area contributed by atoms with E-state index in [2.05, 4.69) is 13.8 Å². The predicted octanol–water partition coefficient (Wildman–Crippen LogP) is 3.07. The van der Waals surface area contributed by atoms with Crippen molar-refractivity contribution < 1.29 is 9.53 Å². The highest BCUT2D eigenvalue weighted by Crippen LogP contribution is 2.36. The molecule has 1 aromatic carbocycles. The summed E-state index contributed by atoms with van der Waals surface area (Å²) in [5.74, 6) is -0.265. The molecular formula is C17H25NO2. The average Bonchev–Trinajstić information content (AvgIpc) is 2.42. The third-order valence-electron chi connectivity index (χ3n) is 4.17. The Morgan fingerprint density at radius 2 is 1.90 bits per heavy atom. The summed E-state index contributed by atoms with van der Waals surface area (Å²) in [5.41, 5.74) is 7.40. The van der Waals surface area contributed by atoms with Crippen LogP contribution in [0.5, 0.6) is 0 Å². The lowest BCUT2D eigenvalue weighted by Crippen LogP contribution is -2.38. The van der Waals surface area contributed by atoms with Gasteiger partial charge in [-0.1, -0.05) is 44.2 Å². The number of ether oxygens (including phenoxy) is 1. The van der Waals surface area contributed by atoms with Crippen LogP contribution in [0.25, 0.3) is 0 Å². The molecule has 0 spiro atoms. The summed E-state index contributed by atoms with van der Waals surface area (Å²) < 4.78 is 5.55. The van der Waals surface area contributed by atoms with Gasteiger partial charge < -0.3 is 10.5 Å². The molecule has 0 bridgehead atoms. The molecule has 20 heavy (non-hydrogen) atoms. The molecule has 1 aliphatic rings. The highest BCUT2D eigenvalue weighted by molar-refractivity contribution is 5.76. The van der Waals surface area contributed by atoms with Crippen LogP contribution in [-0.2, 0) is 16.0 Å². The SMILES string of the molecule is CC1(C)CCC(OC(=O)C(N)Cc2ccccc2)CC1. The maximum atomic E-state index is 12.0. The minimum absolute atomic E-state index is 0.0531. The van der Waals surface area contributed by atoms with Crippen molar-refractivity contribution in [2.45, 2.75) is 58.1 Å². The van der Waals surface area contributed by atoms with Gasteiger partial charge in [0.15, 0.2) is 0 Å². The maximum absolute atomic E-state index is 12.0. The largest absolute Gasteiger partial charge is 0.461 e. The van der Waals surface area contributed by atoms with Gasteiger partial charge in [0, 0.05) is 0 Å². The van der Waals surface area contributed by atoms with E-state index in [1.54, 1.807) is 0 Å². The molecule has 1 saturated carbocycles. The Morgan fingerprint density at radius 1 is 1.30 bits per heavy atom. The fraction of sp³-hybridized carbons (Fsp3) is 0.588. The number of carbonyl (C=O) groups is 1.